The highest BCUT2D eigenvalue weighted by Crippen LogP contribution is 2.38. The highest BCUT2D eigenvalue weighted by Gasteiger charge is 2.29. The van der Waals surface area contributed by atoms with Gasteiger partial charge in [-0.25, -0.2) is 0 Å². The lowest BCUT2D eigenvalue weighted by molar-refractivity contribution is 0.0866. The monoisotopic (exact) mass is 408 g/mol. The summed E-state index contributed by atoms with van der Waals surface area (Å²) in [5.74, 6) is 0.216. The average Bonchev–Trinajstić information content (AvgIpc) is 3.28. The van der Waals surface area contributed by atoms with Crippen LogP contribution in [-0.4, -0.2) is 40.8 Å². The van der Waals surface area contributed by atoms with E-state index in [1.807, 2.05) is 18.2 Å². The van der Waals surface area contributed by atoms with E-state index in [2.05, 4.69) is 54.3 Å². The highest BCUT2D eigenvalue weighted by atomic mass is 16.5. The molecule has 3 N–H and O–H groups in total. The summed E-state index contributed by atoms with van der Waals surface area (Å²) in [7, 11) is 1.66. The largest absolute Gasteiger partial charge is 0.383 e. The molecule has 6 nitrogen and oxygen atoms in total. The Morgan fingerprint density at radius 1 is 1.30 bits per heavy atom. The number of carbonyl (C=O) groups excluding carboxylic acids is 1. The lowest BCUT2D eigenvalue weighted by atomic mass is 9.76. The second-order valence-corrected chi connectivity index (χ2v) is 9.63. The van der Waals surface area contributed by atoms with Gasteiger partial charge in [0.15, 0.2) is 0 Å². The van der Waals surface area contributed by atoms with Gasteiger partial charge in [-0.1, -0.05) is 33.8 Å². The van der Waals surface area contributed by atoms with Gasteiger partial charge in [-0.05, 0) is 48.8 Å². The van der Waals surface area contributed by atoms with E-state index in [4.69, 9.17) is 4.74 Å². The molecular formula is C24H32N4O2. The number of aromatic amines is 2. The number of carbonyl (C=O) groups is 1. The minimum Gasteiger partial charge on any atom is -0.383 e. The molecule has 160 valence electrons. The van der Waals surface area contributed by atoms with Crippen molar-refractivity contribution in [1.29, 1.82) is 0 Å². The first kappa shape index (κ1) is 20.7. The highest BCUT2D eigenvalue weighted by molar-refractivity contribution is 5.99. The van der Waals surface area contributed by atoms with E-state index in [9.17, 15) is 4.79 Å². The zero-order valence-corrected chi connectivity index (χ0v) is 18.6. The number of nitrogens with zero attached hydrogens (tertiary/aromatic N) is 1. The van der Waals surface area contributed by atoms with E-state index in [0.717, 1.165) is 41.6 Å². The molecule has 0 bridgehead atoms. The Kier molecular flexibility index (Phi) is 5.45. The molecule has 0 aliphatic heterocycles. The molecule has 6 heteroatoms. The third-order valence-corrected chi connectivity index (χ3v) is 6.27. The number of methoxy groups -OCH3 is 1. The number of hydrogen-bond acceptors (Lipinski definition) is 3. The molecule has 1 aliphatic rings. The van der Waals surface area contributed by atoms with Crippen LogP contribution < -0.4 is 5.32 Å². The molecule has 1 amide bonds. The molecule has 1 atom stereocenters. The predicted molar refractivity (Wildman–Crippen MR) is 120 cm³/mol. The van der Waals surface area contributed by atoms with E-state index in [0.29, 0.717) is 23.5 Å². The third-order valence-electron chi connectivity index (χ3n) is 6.27. The summed E-state index contributed by atoms with van der Waals surface area (Å²) in [6, 6.07) is 7.89. The van der Waals surface area contributed by atoms with Crippen LogP contribution in [0.4, 0.5) is 0 Å². The maximum Gasteiger partial charge on any atom is 0.251 e. The van der Waals surface area contributed by atoms with Crippen molar-refractivity contribution in [3.63, 3.8) is 0 Å². The first-order valence-corrected chi connectivity index (χ1v) is 10.8. The number of benzene rings is 1. The molecule has 4 rings (SSSR count). The van der Waals surface area contributed by atoms with Gasteiger partial charge >= 0.3 is 0 Å². The molecule has 0 saturated heterocycles. The Morgan fingerprint density at radius 3 is 2.83 bits per heavy atom. The number of amides is 1. The molecule has 30 heavy (non-hydrogen) atoms. The molecular weight excluding hydrogens is 376 g/mol. The first-order chi connectivity index (χ1) is 14.3. The van der Waals surface area contributed by atoms with Crippen molar-refractivity contribution in [3.05, 3.63) is 41.1 Å². The van der Waals surface area contributed by atoms with Crippen molar-refractivity contribution in [2.45, 2.75) is 53.0 Å². The van der Waals surface area contributed by atoms with Crippen LogP contribution in [-0.2, 0) is 17.6 Å². The number of fused-ring (bicyclic) bond motifs is 2. The summed E-state index contributed by atoms with van der Waals surface area (Å²) in [6.45, 7) is 9.27. The molecule has 0 spiro atoms. The Bertz CT molecular complexity index is 1060. The SMILES string of the molecule is COCC(NC(=O)c1ccc2cc(-c3n[nH]c4c3CCC(C)(C)C4)[nH]c2c1)C(C)C. The summed E-state index contributed by atoms with van der Waals surface area (Å²) < 4.78 is 5.24. The third kappa shape index (κ3) is 4.01. The van der Waals surface area contributed by atoms with Gasteiger partial charge < -0.3 is 15.0 Å². The molecule has 0 fully saturated rings. The topological polar surface area (TPSA) is 82.8 Å². The van der Waals surface area contributed by atoms with Gasteiger partial charge in [0.25, 0.3) is 5.91 Å². The summed E-state index contributed by atoms with van der Waals surface area (Å²) in [6.07, 6.45) is 3.22. The van der Waals surface area contributed by atoms with Crippen molar-refractivity contribution < 1.29 is 9.53 Å². The molecule has 3 aromatic rings. The van der Waals surface area contributed by atoms with Crippen LogP contribution >= 0.6 is 0 Å². The van der Waals surface area contributed by atoms with Crippen molar-refractivity contribution in [1.82, 2.24) is 20.5 Å². The average molecular weight is 409 g/mol. The van der Waals surface area contributed by atoms with Crippen LogP contribution in [0.15, 0.2) is 24.3 Å². The van der Waals surface area contributed by atoms with Gasteiger partial charge in [-0.2, -0.15) is 5.10 Å². The number of rotatable bonds is 6. The van der Waals surface area contributed by atoms with Crippen molar-refractivity contribution >= 4 is 16.8 Å². The van der Waals surface area contributed by atoms with Gasteiger partial charge in [-0.3, -0.25) is 9.89 Å². The number of aromatic nitrogens is 3. The summed E-state index contributed by atoms with van der Waals surface area (Å²) in [5, 5.41) is 12.0. The van der Waals surface area contributed by atoms with Crippen molar-refractivity contribution in [2.75, 3.05) is 13.7 Å². The van der Waals surface area contributed by atoms with E-state index in [1.54, 1.807) is 7.11 Å². The van der Waals surface area contributed by atoms with E-state index in [1.165, 1.54) is 11.3 Å². The van der Waals surface area contributed by atoms with Gasteiger partial charge in [0.2, 0.25) is 0 Å². The molecule has 2 aromatic heterocycles. The zero-order chi connectivity index (χ0) is 21.5. The van der Waals surface area contributed by atoms with Crippen LogP contribution in [0.1, 0.15) is 55.7 Å². The normalized spacial score (nSPS) is 16.6. The van der Waals surface area contributed by atoms with Gasteiger partial charge in [0.1, 0.15) is 5.69 Å². The maximum absolute atomic E-state index is 12.8. The molecule has 0 radical (unpaired) electrons. The fraction of sp³-hybridized carbons (Fsp3) is 0.500. The smallest absolute Gasteiger partial charge is 0.251 e. The Balaban J connectivity index is 1.59. The van der Waals surface area contributed by atoms with Crippen LogP contribution in [0.3, 0.4) is 0 Å². The lowest BCUT2D eigenvalue weighted by Gasteiger charge is -2.28. The maximum atomic E-state index is 12.8. The minimum atomic E-state index is -0.0804. The van der Waals surface area contributed by atoms with E-state index in [-0.39, 0.29) is 11.9 Å². The van der Waals surface area contributed by atoms with E-state index < -0.39 is 0 Å². The van der Waals surface area contributed by atoms with Crippen LogP contribution in [0, 0.1) is 11.3 Å². The summed E-state index contributed by atoms with van der Waals surface area (Å²) in [4.78, 5) is 16.2. The van der Waals surface area contributed by atoms with Crippen LogP contribution in [0.25, 0.3) is 22.3 Å². The molecule has 2 heterocycles. The quantitative estimate of drug-likeness (QED) is 0.563. The van der Waals surface area contributed by atoms with Crippen molar-refractivity contribution in [2.24, 2.45) is 11.3 Å². The molecule has 1 aromatic carbocycles. The number of nitrogens with one attached hydrogen (secondary N) is 3. The van der Waals surface area contributed by atoms with Crippen LogP contribution in [0.2, 0.25) is 0 Å². The van der Waals surface area contributed by atoms with E-state index >= 15 is 0 Å². The van der Waals surface area contributed by atoms with Gasteiger partial charge in [0, 0.05) is 34.8 Å². The Hall–Kier alpha value is -2.60. The number of ether oxygens (including phenoxy) is 1. The lowest BCUT2D eigenvalue weighted by Crippen LogP contribution is -2.41. The minimum absolute atomic E-state index is 0.0165. The van der Waals surface area contributed by atoms with Gasteiger partial charge in [-0.15, -0.1) is 0 Å². The molecule has 1 unspecified atom stereocenters. The number of hydrogen-bond donors (Lipinski definition) is 3. The summed E-state index contributed by atoms with van der Waals surface area (Å²) in [5.41, 5.74) is 6.47. The Morgan fingerprint density at radius 2 is 2.10 bits per heavy atom. The fourth-order valence-electron chi connectivity index (χ4n) is 4.30. The molecule has 1 aliphatic carbocycles. The standard InChI is InChI=1S/C24H32N4O2/c1-14(2)21(13-30-5)26-23(29)16-7-6-15-10-19(25-18(15)11-16)22-17-8-9-24(3,4)12-20(17)27-28-22/h6-7,10-11,14,21,25H,8-9,12-13H2,1-5H3,(H,26,29)(H,27,28). The van der Waals surface area contributed by atoms with Crippen molar-refractivity contribution in [3.8, 4) is 11.4 Å². The Labute approximate surface area is 177 Å². The fourth-order valence-corrected chi connectivity index (χ4v) is 4.30. The van der Waals surface area contributed by atoms with Gasteiger partial charge in [0.05, 0.1) is 18.3 Å². The molecule has 0 saturated carbocycles. The van der Waals surface area contributed by atoms with Crippen LogP contribution in [0.5, 0.6) is 0 Å². The zero-order valence-electron chi connectivity index (χ0n) is 18.6. The second kappa shape index (κ2) is 7.91. The predicted octanol–water partition coefficient (Wildman–Crippen LogP) is 4.47. The first-order valence-electron chi connectivity index (χ1n) is 10.8. The number of H-pyrrole nitrogens is 2. The second-order valence-electron chi connectivity index (χ2n) is 9.63. The summed E-state index contributed by atoms with van der Waals surface area (Å²) >= 11 is 0.